The van der Waals surface area contributed by atoms with Gasteiger partial charge in [-0.25, -0.2) is 0 Å². The normalized spacial score (nSPS) is 11.6. The van der Waals surface area contributed by atoms with Crippen LogP contribution in [0.25, 0.3) is 11.1 Å². The van der Waals surface area contributed by atoms with Crippen LogP contribution in [0.4, 0.5) is 0 Å². The van der Waals surface area contributed by atoms with E-state index in [1.165, 1.54) is 0 Å². The van der Waals surface area contributed by atoms with Crippen molar-refractivity contribution in [3.05, 3.63) is 96.1 Å². The van der Waals surface area contributed by atoms with Crippen LogP contribution in [0.5, 0.6) is 0 Å². The van der Waals surface area contributed by atoms with Crippen molar-refractivity contribution in [3.8, 4) is 11.1 Å². The van der Waals surface area contributed by atoms with E-state index in [9.17, 15) is 9.59 Å². The fourth-order valence-corrected chi connectivity index (χ4v) is 3.04. The predicted molar refractivity (Wildman–Crippen MR) is 111 cm³/mol. The van der Waals surface area contributed by atoms with E-state index < -0.39 is 5.92 Å². The maximum atomic E-state index is 12.3. The molecule has 3 aromatic rings. The van der Waals surface area contributed by atoms with Crippen molar-refractivity contribution in [2.24, 2.45) is 5.92 Å². The van der Waals surface area contributed by atoms with Crippen LogP contribution in [-0.2, 0) is 27.4 Å². The van der Waals surface area contributed by atoms with Gasteiger partial charge in [0.1, 0.15) is 12.4 Å². The summed E-state index contributed by atoms with van der Waals surface area (Å²) >= 11 is 0. The van der Waals surface area contributed by atoms with E-state index in [2.05, 4.69) is 12.1 Å². The smallest absolute Gasteiger partial charge is 0.309 e. The van der Waals surface area contributed by atoms with Crippen LogP contribution < -0.4 is 0 Å². The minimum atomic E-state index is -0.445. The molecule has 0 radical (unpaired) electrons. The summed E-state index contributed by atoms with van der Waals surface area (Å²) in [5.74, 6) is -0.743. The van der Waals surface area contributed by atoms with Gasteiger partial charge in [0.15, 0.2) is 0 Å². The van der Waals surface area contributed by atoms with Gasteiger partial charge < -0.3 is 4.74 Å². The standard InChI is InChI=1S/C25H24O3/c1-19(25(27)28-18-21-8-4-2-5-9-21)16-24(26)17-20-12-14-23(15-13-20)22-10-6-3-7-11-22/h2-15,19H,16-18H2,1H3/t19-/m1/s1. The van der Waals surface area contributed by atoms with Crippen LogP contribution in [-0.4, -0.2) is 11.8 Å². The quantitative estimate of drug-likeness (QED) is 0.508. The summed E-state index contributed by atoms with van der Waals surface area (Å²) in [6, 6.07) is 27.6. The monoisotopic (exact) mass is 372 g/mol. The van der Waals surface area contributed by atoms with Crippen LogP contribution in [0.2, 0.25) is 0 Å². The van der Waals surface area contributed by atoms with Gasteiger partial charge in [-0.05, 0) is 22.3 Å². The number of carbonyl (C=O) groups excluding carboxylic acids is 2. The van der Waals surface area contributed by atoms with Crippen LogP contribution in [0.3, 0.4) is 0 Å². The topological polar surface area (TPSA) is 43.4 Å². The molecule has 3 rings (SSSR count). The fourth-order valence-electron chi connectivity index (χ4n) is 3.04. The van der Waals surface area contributed by atoms with Gasteiger partial charge in [-0.1, -0.05) is 91.9 Å². The summed E-state index contributed by atoms with van der Waals surface area (Å²) in [6.07, 6.45) is 0.513. The first-order valence-electron chi connectivity index (χ1n) is 9.48. The zero-order valence-electron chi connectivity index (χ0n) is 16.0. The highest BCUT2D eigenvalue weighted by molar-refractivity contribution is 5.85. The van der Waals surface area contributed by atoms with E-state index >= 15 is 0 Å². The molecule has 0 heterocycles. The molecule has 3 nitrogen and oxygen atoms in total. The maximum Gasteiger partial charge on any atom is 0.309 e. The molecule has 0 bridgehead atoms. The number of Topliss-reactive ketones (excluding diaryl/α,β-unsaturated/α-hetero) is 1. The molecular weight excluding hydrogens is 348 g/mol. The van der Waals surface area contributed by atoms with Crippen LogP contribution in [0.1, 0.15) is 24.5 Å². The van der Waals surface area contributed by atoms with Gasteiger partial charge in [-0.2, -0.15) is 0 Å². The second-order valence-corrected chi connectivity index (χ2v) is 6.98. The second kappa shape index (κ2) is 9.65. The first-order valence-corrected chi connectivity index (χ1v) is 9.48. The Balaban J connectivity index is 1.48. The van der Waals surface area contributed by atoms with E-state index in [0.717, 1.165) is 22.3 Å². The molecule has 1 atom stereocenters. The molecule has 0 aromatic heterocycles. The maximum absolute atomic E-state index is 12.3. The van der Waals surface area contributed by atoms with Gasteiger partial charge in [0.25, 0.3) is 0 Å². The van der Waals surface area contributed by atoms with Crippen molar-refractivity contribution in [2.45, 2.75) is 26.4 Å². The summed E-state index contributed by atoms with van der Waals surface area (Å²) < 4.78 is 5.31. The first kappa shape index (κ1) is 19.6. The molecule has 28 heavy (non-hydrogen) atoms. The highest BCUT2D eigenvalue weighted by Crippen LogP contribution is 2.20. The average molecular weight is 372 g/mol. The molecule has 0 spiro atoms. The lowest BCUT2D eigenvalue weighted by Crippen LogP contribution is -2.19. The van der Waals surface area contributed by atoms with Crippen LogP contribution >= 0.6 is 0 Å². The van der Waals surface area contributed by atoms with Gasteiger partial charge in [0.05, 0.1) is 5.92 Å². The summed E-state index contributed by atoms with van der Waals surface area (Å²) in [6.45, 7) is 1.98. The van der Waals surface area contributed by atoms with Crippen molar-refractivity contribution in [3.63, 3.8) is 0 Å². The summed E-state index contributed by atoms with van der Waals surface area (Å²) in [5.41, 5.74) is 4.16. The number of esters is 1. The lowest BCUT2D eigenvalue weighted by molar-refractivity contribution is -0.150. The molecule has 0 unspecified atom stereocenters. The number of ketones is 1. The van der Waals surface area contributed by atoms with Gasteiger partial charge in [-0.3, -0.25) is 9.59 Å². The van der Waals surface area contributed by atoms with Crippen molar-refractivity contribution in [2.75, 3.05) is 0 Å². The van der Waals surface area contributed by atoms with Crippen molar-refractivity contribution in [1.82, 2.24) is 0 Å². The lowest BCUT2D eigenvalue weighted by Gasteiger charge is -2.11. The minimum Gasteiger partial charge on any atom is -0.461 e. The number of benzene rings is 3. The highest BCUT2D eigenvalue weighted by Gasteiger charge is 2.18. The Morgan fingerprint density at radius 3 is 1.96 bits per heavy atom. The Morgan fingerprint density at radius 2 is 1.32 bits per heavy atom. The number of ether oxygens (including phenoxy) is 1. The van der Waals surface area contributed by atoms with Crippen molar-refractivity contribution >= 4 is 11.8 Å². The highest BCUT2D eigenvalue weighted by atomic mass is 16.5. The zero-order chi connectivity index (χ0) is 19.8. The van der Waals surface area contributed by atoms with Gasteiger partial charge in [-0.15, -0.1) is 0 Å². The molecular formula is C25H24O3. The third kappa shape index (κ3) is 5.65. The SMILES string of the molecule is C[C@H](CC(=O)Cc1ccc(-c2ccccc2)cc1)C(=O)OCc1ccccc1. The number of hydrogen-bond donors (Lipinski definition) is 0. The zero-order valence-corrected chi connectivity index (χ0v) is 16.0. The average Bonchev–Trinajstić information content (AvgIpc) is 2.74. The first-order chi connectivity index (χ1) is 13.6. The summed E-state index contributed by atoms with van der Waals surface area (Å²) in [5, 5.41) is 0. The number of rotatable bonds is 8. The molecule has 0 saturated heterocycles. The fraction of sp³-hybridized carbons (Fsp3) is 0.200. The Hall–Kier alpha value is -3.20. The molecule has 0 N–H and O–H groups in total. The molecule has 142 valence electrons. The second-order valence-electron chi connectivity index (χ2n) is 6.98. The Morgan fingerprint density at radius 1 is 0.750 bits per heavy atom. The number of hydrogen-bond acceptors (Lipinski definition) is 3. The lowest BCUT2D eigenvalue weighted by atomic mass is 9.98. The van der Waals surface area contributed by atoms with E-state index in [1.54, 1.807) is 6.92 Å². The third-order valence-corrected chi connectivity index (χ3v) is 4.62. The van der Waals surface area contributed by atoms with Crippen molar-refractivity contribution in [1.29, 1.82) is 0 Å². The van der Waals surface area contributed by atoms with E-state index in [4.69, 9.17) is 4.74 Å². The molecule has 0 saturated carbocycles. The van der Waals surface area contributed by atoms with Crippen LogP contribution in [0, 0.1) is 5.92 Å². The Labute approximate surface area is 166 Å². The Kier molecular flexibility index (Phi) is 6.74. The van der Waals surface area contributed by atoms with Crippen molar-refractivity contribution < 1.29 is 14.3 Å². The van der Waals surface area contributed by atoms with E-state index in [-0.39, 0.29) is 24.8 Å². The van der Waals surface area contributed by atoms with E-state index in [1.807, 2.05) is 72.8 Å². The summed E-state index contributed by atoms with van der Waals surface area (Å²) in [4.78, 5) is 24.5. The molecule has 0 aliphatic heterocycles. The number of carbonyl (C=O) groups is 2. The summed E-state index contributed by atoms with van der Waals surface area (Å²) in [7, 11) is 0. The third-order valence-electron chi connectivity index (χ3n) is 4.62. The minimum absolute atomic E-state index is 0.0385. The van der Waals surface area contributed by atoms with Gasteiger partial charge in [0, 0.05) is 12.8 Å². The molecule has 0 aliphatic rings. The van der Waals surface area contributed by atoms with Crippen LogP contribution in [0.15, 0.2) is 84.9 Å². The van der Waals surface area contributed by atoms with Gasteiger partial charge in [0.2, 0.25) is 0 Å². The molecule has 0 amide bonds. The molecule has 0 fully saturated rings. The molecule has 3 heteroatoms. The molecule has 3 aromatic carbocycles. The predicted octanol–water partition coefficient (Wildman–Crippen LogP) is 5.23. The molecule has 0 aliphatic carbocycles. The largest absolute Gasteiger partial charge is 0.461 e. The Bertz CT molecular complexity index is 900. The van der Waals surface area contributed by atoms with Gasteiger partial charge >= 0.3 is 5.97 Å². The van der Waals surface area contributed by atoms with E-state index in [0.29, 0.717) is 6.42 Å².